The maximum absolute atomic E-state index is 14.8. The number of carbonyl (C=O) groups is 1. The smallest absolute Gasteiger partial charge is 0.410 e. The zero-order valence-electron chi connectivity index (χ0n) is 18.6. The van der Waals surface area contributed by atoms with Gasteiger partial charge in [-0.3, -0.25) is 0 Å². The van der Waals surface area contributed by atoms with Crippen molar-refractivity contribution < 1.29 is 18.1 Å². The molecule has 3 atom stereocenters. The first-order chi connectivity index (χ1) is 13.7. The number of rotatable bonds is 4. The lowest BCUT2D eigenvalue weighted by atomic mass is 9.92. The third-order valence-electron chi connectivity index (χ3n) is 5.70. The first-order valence-electron chi connectivity index (χ1n) is 10.3. The zero-order valence-corrected chi connectivity index (χ0v) is 21.0. The molecule has 168 valence electrons. The Bertz CT molecular complexity index is 846. The molecule has 1 spiro atoms. The summed E-state index contributed by atoms with van der Waals surface area (Å²) in [5.41, 5.74) is -0.238. The fraction of sp³-hybridized carbons (Fsp3) is 0.682. The molecule has 1 heterocycles. The summed E-state index contributed by atoms with van der Waals surface area (Å²) in [4.78, 5) is 14.8. The number of ether oxygens (including phenoxy) is 1. The number of nitrogens with zero attached hydrogens (tertiary/aromatic N) is 1. The van der Waals surface area contributed by atoms with Crippen LogP contribution in [0.2, 0.25) is 0 Å². The number of hydrogen-bond donors (Lipinski definition) is 1. The van der Waals surface area contributed by atoms with E-state index in [9.17, 15) is 13.4 Å². The van der Waals surface area contributed by atoms with Gasteiger partial charge in [-0.05, 0) is 88.4 Å². The van der Waals surface area contributed by atoms with Crippen molar-refractivity contribution in [3.63, 3.8) is 0 Å². The largest absolute Gasteiger partial charge is 0.444 e. The molecule has 1 saturated carbocycles. The highest BCUT2D eigenvalue weighted by Gasteiger charge is 2.61. The van der Waals surface area contributed by atoms with E-state index in [4.69, 9.17) is 4.74 Å². The number of benzene rings is 1. The Hall–Kier alpha value is -0.990. The summed E-state index contributed by atoms with van der Waals surface area (Å²) < 4.78 is 36.7. The summed E-state index contributed by atoms with van der Waals surface area (Å²) >= 11 is 3.25. The summed E-state index contributed by atoms with van der Waals surface area (Å²) in [6.07, 6.45) is 1.82. The zero-order chi connectivity index (χ0) is 22.5. The first-order valence-corrected chi connectivity index (χ1v) is 12.3. The van der Waals surface area contributed by atoms with E-state index in [1.807, 2.05) is 41.5 Å². The van der Waals surface area contributed by atoms with E-state index in [-0.39, 0.29) is 23.3 Å². The average molecular weight is 503 g/mol. The molecule has 3 rings (SSSR count). The monoisotopic (exact) mass is 502 g/mol. The van der Waals surface area contributed by atoms with E-state index in [2.05, 4.69) is 20.7 Å². The van der Waals surface area contributed by atoms with E-state index in [1.54, 1.807) is 23.1 Å². The molecule has 2 fully saturated rings. The second-order valence-electron chi connectivity index (χ2n) is 10.4. The predicted molar refractivity (Wildman–Crippen MR) is 121 cm³/mol. The van der Waals surface area contributed by atoms with Crippen molar-refractivity contribution in [2.45, 2.75) is 83.2 Å². The van der Waals surface area contributed by atoms with Crippen LogP contribution in [0.1, 0.15) is 59.9 Å². The highest BCUT2D eigenvalue weighted by molar-refractivity contribution is 9.10. The van der Waals surface area contributed by atoms with Gasteiger partial charge < -0.3 is 9.64 Å². The summed E-state index contributed by atoms with van der Waals surface area (Å²) in [7, 11) is -1.30. The normalized spacial score (nSPS) is 24.2. The number of likely N-dealkylation sites (tertiary alicyclic amines) is 1. The van der Waals surface area contributed by atoms with Crippen molar-refractivity contribution in [2.75, 3.05) is 6.54 Å². The predicted octanol–water partition coefficient (Wildman–Crippen LogP) is 4.95. The van der Waals surface area contributed by atoms with Crippen LogP contribution >= 0.6 is 15.9 Å². The molecule has 30 heavy (non-hydrogen) atoms. The lowest BCUT2D eigenvalue weighted by Gasteiger charge is -2.32. The lowest BCUT2D eigenvalue weighted by Crippen LogP contribution is -2.51. The van der Waals surface area contributed by atoms with Crippen molar-refractivity contribution in [1.29, 1.82) is 0 Å². The SMILES string of the molecule is CC(C)(C)OC(=O)N1CC2(CC2)[C@H](N[S@](=O)C(C)(C)C)[C@@H]1Cc1cccc(Br)c1F. The van der Waals surface area contributed by atoms with Crippen LogP contribution < -0.4 is 4.72 Å². The van der Waals surface area contributed by atoms with E-state index in [0.717, 1.165) is 12.8 Å². The average Bonchev–Trinajstić information content (AvgIpc) is 3.31. The van der Waals surface area contributed by atoms with Gasteiger partial charge in [0, 0.05) is 18.0 Å². The van der Waals surface area contributed by atoms with Crippen LogP contribution in [-0.4, -0.2) is 44.2 Å². The molecule has 2 aliphatic rings. The summed E-state index contributed by atoms with van der Waals surface area (Å²) in [5.74, 6) is -0.325. The van der Waals surface area contributed by atoms with Crippen LogP contribution in [0.4, 0.5) is 9.18 Å². The quantitative estimate of drug-likeness (QED) is 0.633. The van der Waals surface area contributed by atoms with Gasteiger partial charge in [-0.25, -0.2) is 18.1 Å². The standard InChI is InChI=1S/C22H32BrFN2O3S/c1-20(2,3)29-19(27)26-13-22(10-11-22)18(25-30(28)21(4,5)6)16(26)12-14-8-7-9-15(23)17(14)24/h7-9,16,18,25H,10-13H2,1-6H3/t16-,18+,30+/m0/s1. The highest BCUT2D eigenvalue weighted by atomic mass is 79.9. The summed E-state index contributed by atoms with van der Waals surface area (Å²) in [5, 5.41) is 0. The molecule has 0 bridgehead atoms. The number of hydrogen-bond acceptors (Lipinski definition) is 3. The molecule has 1 aliphatic carbocycles. The summed E-state index contributed by atoms with van der Waals surface area (Å²) in [6, 6.07) is 4.65. The van der Waals surface area contributed by atoms with E-state index in [1.165, 1.54) is 0 Å². The molecule has 0 aromatic heterocycles. The molecule has 1 saturated heterocycles. The minimum Gasteiger partial charge on any atom is -0.444 e. The fourth-order valence-corrected chi connectivity index (χ4v) is 5.35. The Morgan fingerprint density at radius 1 is 1.30 bits per heavy atom. The molecule has 1 aliphatic heterocycles. The van der Waals surface area contributed by atoms with Crippen molar-refractivity contribution in [1.82, 2.24) is 9.62 Å². The van der Waals surface area contributed by atoms with Gasteiger partial charge in [0.25, 0.3) is 0 Å². The van der Waals surface area contributed by atoms with Gasteiger partial charge in [-0.15, -0.1) is 0 Å². The second-order valence-corrected chi connectivity index (χ2v) is 13.3. The van der Waals surface area contributed by atoms with Gasteiger partial charge in [-0.2, -0.15) is 0 Å². The third-order valence-corrected chi connectivity index (χ3v) is 7.89. The Morgan fingerprint density at radius 3 is 2.47 bits per heavy atom. The Labute approximate surface area is 189 Å². The second kappa shape index (κ2) is 8.17. The third kappa shape index (κ3) is 5.07. The molecule has 8 heteroatoms. The molecule has 0 unspecified atom stereocenters. The van der Waals surface area contributed by atoms with Crippen LogP contribution in [0.25, 0.3) is 0 Å². The van der Waals surface area contributed by atoms with E-state index < -0.39 is 27.4 Å². The van der Waals surface area contributed by atoms with Crippen molar-refractivity contribution in [2.24, 2.45) is 5.41 Å². The number of halogens is 2. The molecular weight excluding hydrogens is 471 g/mol. The first kappa shape index (κ1) is 23.7. The van der Waals surface area contributed by atoms with Gasteiger partial charge in [0.2, 0.25) is 0 Å². The maximum Gasteiger partial charge on any atom is 0.410 e. The van der Waals surface area contributed by atoms with Gasteiger partial charge in [0.1, 0.15) is 11.4 Å². The molecule has 1 aromatic carbocycles. The van der Waals surface area contributed by atoms with Gasteiger partial charge in [0.15, 0.2) is 0 Å². The van der Waals surface area contributed by atoms with E-state index in [0.29, 0.717) is 23.0 Å². The van der Waals surface area contributed by atoms with Crippen molar-refractivity contribution >= 4 is 33.0 Å². The Morgan fingerprint density at radius 2 is 1.93 bits per heavy atom. The molecule has 1 aromatic rings. The Balaban J connectivity index is 1.95. The van der Waals surface area contributed by atoms with Crippen LogP contribution in [0.3, 0.4) is 0 Å². The van der Waals surface area contributed by atoms with Gasteiger partial charge >= 0.3 is 6.09 Å². The van der Waals surface area contributed by atoms with Gasteiger partial charge in [-0.1, -0.05) is 12.1 Å². The molecule has 0 radical (unpaired) electrons. The number of nitrogens with one attached hydrogen (secondary N) is 1. The fourth-order valence-electron chi connectivity index (χ4n) is 3.95. The van der Waals surface area contributed by atoms with Crippen LogP contribution in [0.5, 0.6) is 0 Å². The summed E-state index contributed by atoms with van der Waals surface area (Å²) in [6.45, 7) is 11.8. The molecule has 1 N–H and O–H groups in total. The lowest BCUT2D eigenvalue weighted by molar-refractivity contribution is 0.0213. The molecule has 1 amide bonds. The molecular formula is C22H32BrFN2O3S. The minimum absolute atomic E-state index is 0.134. The van der Waals surface area contributed by atoms with Gasteiger partial charge in [0.05, 0.1) is 26.2 Å². The maximum atomic E-state index is 14.8. The van der Waals surface area contributed by atoms with Crippen LogP contribution in [-0.2, 0) is 22.1 Å². The topological polar surface area (TPSA) is 58.6 Å². The Kier molecular flexibility index (Phi) is 6.45. The van der Waals surface area contributed by atoms with E-state index >= 15 is 0 Å². The van der Waals surface area contributed by atoms with Crippen molar-refractivity contribution in [3.8, 4) is 0 Å². The molecule has 5 nitrogen and oxygen atoms in total. The van der Waals surface area contributed by atoms with Crippen LogP contribution in [0, 0.1) is 11.2 Å². The number of carbonyl (C=O) groups excluding carboxylic acids is 1. The number of amides is 1. The van der Waals surface area contributed by atoms with Crippen molar-refractivity contribution in [3.05, 3.63) is 34.1 Å². The van der Waals surface area contributed by atoms with Crippen LogP contribution in [0.15, 0.2) is 22.7 Å². The minimum atomic E-state index is -1.30. The highest BCUT2D eigenvalue weighted by Crippen LogP contribution is 2.56.